The lowest BCUT2D eigenvalue weighted by atomic mass is 9.99. The highest BCUT2D eigenvalue weighted by Crippen LogP contribution is 2.25. The third-order valence-electron chi connectivity index (χ3n) is 3.76. The van der Waals surface area contributed by atoms with E-state index in [4.69, 9.17) is 18.9 Å². The monoisotopic (exact) mass is 354 g/mol. The minimum atomic E-state index is -1.40. The van der Waals surface area contributed by atoms with Crippen LogP contribution in [0.25, 0.3) is 0 Å². The van der Waals surface area contributed by atoms with Gasteiger partial charge >= 0.3 is 5.97 Å². The number of benzene rings is 1. The number of ether oxygens (including phenoxy) is 4. The van der Waals surface area contributed by atoms with E-state index in [-0.39, 0.29) is 5.56 Å². The third-order valence-corrected chi connectivity index (χ3v) is 3.76. The van der Waals surface area contributed by atoms with Gasteiger partial charge in [0, 0.05) is 7.11 Å². The molecule has 0 bridgehead atoms. The van der Waals surface area contributed by atoms with Gasteiger partial charge in [-0.1, -0.05) is 12.7 Å². The Hall–Kier alpha value is -1.97. The van der Waals surface area contributed by atoms with Gasteiger partial charge in [-0.15, -0.1) is 0 Å². The Morgan fingerprint density at radius 1 is 1.28 bits per heavy atom. The zero-order valence-corrected chi connectivity index (χ0v) is 13.8. The van der Waals surface area contributed by atoms with Crippen molar-refractivity contribution in [2.45, 2.75) is 30.7 Å². The fraction of sp³-hybridized carbons (Fsp3) is 0.471. The van der Waals surface area contributed by atoms with Crippen molar-refractivity contribution in [3.8, 4) is 5.75 Å². The molecule has 138 valence electrons. The van der Waals surface area contributed by atoms with Crippen molar-refractivity contribution in [1.29, 1.82) is 0 Å². The number of esters is 1. The molecule has 0 spiro atoms. The molecule has 1 fully saturated rings. The zero-order valence-electron chi connectivity index (χ0n) is 13.8. The summed E-state index contributed by atoms with van der Waals surface area (Å²) in [4.78, 5) is 12.3. The third kappa shape index (κ3) is 4.56. The van der Waals surface area contributed by atoms with Gasteiger partial charge in [-0.25, -0.2) is 4.79 Å². The van der Waals surface area contributed by atoms with Crippen LogP contribution in [0.1, 0.15) is 10.4 Å². The number of carbonyl (C=O) groups excluding carboxylic acids is 1. The molecule has 1 saturated heterocycles. The fourth-order valence-electron chi connectivity index (χ4n) is 2.42. The van der Waals surface area contributed by atoms with Crippen molar-refractivity contribution in [2.75, 3.05) is 20.3 Å². The number of methoxy groups -OCH3 is 1. The van der Waals surface area contributed by atoms with E-state index in [1.165, 1.54) is 19.2 Å². The number of aliphatic hydroxyl groups excluding tert-OH is 3. The Labute approximate surface area is 145 Å². The second-order valence-corrected chi connectivity index (χ2v) is 5.44. The lowest BCUT2D eigenvalue weighted by molar-refractivity contribution is -0.293. The lowest BCUT2D eigenvalue weighted by Crippen LogP contribution is -2.60. The average molecular weight is 354 g/mol. The molecule has 2 rings (SSSR count). The first kappa shape index (κ1) is 19.4. The topological polar surface area (TPSA) is 115 Å². The first-order valence-electron chi connectivity index (χ1n) is 7.71. The Morgan fingerprint density at radius 2 is 1.96 bits per heavy atom. The van der Waals surface area contributed by atoms with Gasteiger partial charge in [0.05, 0.1) is 12.2 Å². The summed E-state index contributed by atoms with van der Waals surface area (Å²) in [5.41, 5.74) is 0.214. The highest BCUT2D eigenvalue weighted by molar-refractivity contribution is 5.89. The van der Waals surface area contributed by atoms with Crippen LogP contribution in [-0.2, 0) is 14.2 Å². The smallest absolute Gasteiger partial charge is 0.338 e. The summed E-state index contributed by atoms with van der Waals surface area (Å²) in [6.45, 7) is 3.36. The van der Waals surface area contributed by atoms with Gasteiger partial charge in [-0.2, -0.15) is 0 Å². The van der Waals surface area contributed by atoms with E-state index in [1.54, 1.807) is 18.2 Å². The van der Waals surface area contributed by atoms with Crippen LogP contribution in [-0.4, -0.2) is 72.3 Å². The maximum atomic E-state index is 12.3. The second-order valence-electron chi connectivity index (χ2n) is 5.44. The van der Waals surface area contributed by atoms with E-state index < -0.39 is 43.3 Å². The van der Waals surface area contributed by atoms with Gasteiger partial charge in [0.2, 0.25) is 0 Å². The van der Waals surface area contributed by atoms with Crippen LogP contribution < -0.4 is 4.74 Å². The molecule has 0 amide bonds. The molecule has 8 heteroatoms. The van der Waals surface area contributed by atoms with E-state index in [9.17, 15) is 20.1 Å². The number of aliphatic hydroxyl groups is 3. The lowest BCUT2D eigenvalue weighted by Gasteiger charge is -2.40. The molecule has 1 aromatic rings. The molecule has 1 heterocycles. The molecule has 0 aromatic heterocycles. The highest BCUT2D eigenvalue weighted by atomic mass is 16.7. The molecule has 0 saturated carbocycles. The van der Waals surface area contributed by atoms with E-state index >= 15 is 0 Å². The van der Waals surface area contributed by atoms with Crippen LogP contribution in [0.5, 0.6) is 5.75 Å². The molecule has 1 aliphatic rings. The molecule has 1 aliphatic heterocycles. The van der Waals surface area contributed by atoms with Crippen molar-refractivity contribution >= 4 is 5.97 Å². The molecular weight excluding hydrogens is 332 g/mol. The molecule has 5 atom stereocenters. The van der Waals surface area contributed by atoms with Gasteiger partial charge in [0.1, 0.15) is 30.7 Å². The molecular formula is C17H22O8. The van der Waals surface area contributed by atoms with Gasteiger partial charge < -0.3 is 34.3 Å². The summed E-state index contributed by atoms with van der Waals surface area (Å²) in [5, 5.41) is 29.5. The van der Waals surface area contributed by atoms with Crippen molar-refractivity contribution in [2.24, 2.45) is 0 Å². The van der Waals surface area contributed by atoms with Crippen LogP contribution >= 0.6 is 0 Å². The number of hydrogen-bond donors (Lipinski definition) is 3. The summed E-state index contributed by atoms with van der Waals surface area (Å²) in [6.07, 6.45) is -4.68. The zero-order chi connectivity index (χ0) is 18.4. The van der Waals surface area contributed by atoms with Gasteiger partial charge in [-0.05, 0) is 24.3 Å². The molecule has 1 aromatic carbocycles. The quantitative estimate of drug-likeness (QED) is 0.458. The van der Waals surface area contributed by atoms with E-state index in [1.807, 2.05) is 0 Å². The Balaban J connectivity index is 2.07. The Morgan fingerprint density at radius 3 is 2.52 bits per heavy atom. The number of rotatable bonds is 7. The normalized spacial score (nSPS) is 29.0. The Kier molecular flexibility index (Phi) is 6.91. The summed E-state index contributed by atoms with van der Waals surface area (Å²) in [5.74, 6) is -0.186. The molecule has 0 aliphatic carbocycles. The maximum absolute atomic E-state index is 12.3. The minimum absolute atomic E-state index is 0.214. The maximum Gasteiger partial charge on any atom is 0.338 e. The second kappa shape index (κ2) is 8.93. The summed E-state index contributed by atoms with van der Waals surface area (Å²) < 4.78 is 20.7. The van der Waals surface area contributed by atoms with Gasteiger partial charge in [-0.3, -0.25) is 0 Å². The minimum Gasteiger partial charge on any atom is -0.490 e. The highest BCUT2D eigenvalue weighted by Gasteiger charge is 2.46. The predicted octanol–water partition coefficient (Wildman–Crippen LogP) is -0.138. The number of hydrogen-bond acceptors (Lipinski definition) is 8. The van der Waals surface area contributed by atoms with Crippen LogP contribution in [0.3, 0.4) is 0 Å². The van der Waals surface area contributed by atoms with E-state index in [0.717, 1.165) is 0 Å². The van der Waals surface area contributed by atoms with Crippen LogP contribution in [0.2, 0.25) is 0 Å². The summed E-state index contributed by atoms with van der Waals surface area (Å²) in [7, 11) is 1.29. The Bertz CT molecular complexity index is 557. The van der Waals surface area contributed by atoms with Crippen molar-refractivity contribution < 1.29 is 39.1 Å². The van der Waals surface area contributed by atoms with Gasteiger partial charge in [0.15, 0.2) is 12.4 Å². The molecule has 3 N–H and O–H groups in total. The van der Waals surface area contributed by atoms with Crippen molar-refractivity contribution in [3.05, 3.63) is 42.5 Å². The molecule has 0 unspecified atom stereocenters. The molecule has 0 radical (unpaired) electrons. The summed E-state index contributed by atoms with van der Waals surface area (Å²) >= 11 is 0. The molecule has 25 heavy (non-hydrogen) atoms. The van der Waals surface area contributed by atoms with Crippen LogP contribution in [0, 0.1) is 0 Å². The van der Waals surface area contributed by atoms with E-state index in [0.29, 0.717) is 12.4 Å². The SMILES string of the molecule is C=CCOc1ccc(C(=O)O[C@@H]2[C@@H](O)[C@@H](OC)O[C@H](CO)[C@H]2O)cc1. The van der Waals surface area contributed by atoms with Crippen LogP contribution in [0.15, 0.2) is 36.9 Å². The van der Waals surface area contributed by atoms with E-state index in [2.05, 4.69) is 6.58 Å². The average Bonchev–Trinajstić information content (AvgIpc) is 2.64. The first-order chi connectivity index (χ1) is 12.0. The fourth-order valence-corrected chi connectivity index (χ4v) is 2.42. The summed E-state index contributed by atoms with van der Waals surface area (Å²) in [6, 6.07) is 6.17. The number of carbonyl (C=O) groups is 1. The van der Waals surface area contributed by atoms with Gasteiger partial charge in [0.25, 0.3) is 0 Å². The standard InChI is InChI=1S/C17H22O8/c1-3-8-23-11-6-4-10(5-7-11)16(21)25-15-13(19)12(9-18)24-17(22-2)14(15)20/h3-7,12-15,17-20H,1,8-9H2,2H3/t12-,13-,14-,15+,17+/m1/s1. The predicted molar refractivity (Wildman–Crippen MR) is 86.1 cm³/mol. The molecule has 8 nitrogen and oxygen atoms in total. The van der Waals surface area contributed by atoms with Crippen molar-refractivity contribution in [3.63, 3.8) is 0 Å². The largest absolute Gasteiger partial charge is 0.490 e. The van der Waals surface area contributed by atoms with Crippen LogP contribution in [0.4, 0.5) is 0 Å². The van der Waals surface area contributed by atoms with Crippen molar-refractivity contribution in [1.82, 2.24) is 0 Å². The first-order valence-corrected chi connectivity index (χ1v) is 7.71.